The summed E-state index contributed by atoms with van der Waals surface area (Å²) < 4.78 is 0. The SMILES string of the molecule is C=CC(C)N1C(=O)C(CCC)NC(=O)C1C. The minimum Gasteiger partial charge on any atom is -0.343 e. The fraction of sp³-hybridized carbons (Fsp3) is 0.667. The molecule has 1 rings (SSSR count). The highest BCUT2D eigenvalue weighted by Gasteiger charge is 2.38. The standard InChI is InChI=1S/C12H20N2O2/c1-5-7-10-12(16)14(8(3)6-2)9(4)11(15)13-10/h6,8-10H,2,5,7H2,1,3-4H3,(H,13,15). The molecule has 1 aliphatic rings. The fourth-order valence-corrected chi connectivity index (χ4v) is 2.00. The lowest BCUT2D eigenvalue weighted by Crippen LogP contribution is -2.64. The molecule has 1 saturated heterocycles. The van der Waals surface area contributed by atoms with Crippen molar-refractivity contribution < 1.29 is 9.59 Å². The Morgan fingerprint density at radius 3 is 2.69 bits per heavy atom. The number of piperazine rings is 1. The molecule has 0 aliphatic carbocycles. The first kappa shape index (κ1) is 12.7. The molecule has 4 nitrogen and oxygen atoms in total. The fourth-order valence-electron chi connectivity index (χ4n) is 2.00. The van der Waals surface area contributed by atoms with E-state index in [4.69, 9.17) is 0 Å². The molecule has 0 aromatic carbocycles. The van der Waals surface area contributed by atoms with Crippen molar-refractivity contribution in [2.75, 3.05) is 0 Å². The van der Waals surface area contributed by atoms with Crippen molar-refractivity contribution >= 4 is 11.8 Å². The molecule has 1 aliphatic heterocycles. The van der Waals surface area contributed by atoms with Crippen LogP contribution in [-0.2, 0) is 9.59 Å². The highest BCUT2D eigenvalue weighted by molar-refractivity contribution is 5.97. The maximum atomic E-state index is 12.1. The molecule has 3 unspecified atom stereocenters. The molecule has 0 radical (unpaired) electrons. The number of carbonyl (C=O) groups is 2. The molecule has 1 heterocycles. The summed E-state index contributed by atoms with van der Waals surface area (Å²) in [5.74, 6) is -0.0758. The van der Waals surface area contributed by atoms with Gasteiger partial charge in [0.1, 0.15) is 12.1 Å². The van der Waals surface area contributed by atoms with E-state index in [0.29, 0.717) is 6.42 Å². The van der Waals surface area contributed by atoms with E-state index in [1.54, 1.807) is 17.9 Å². The van der Waals surface area contributed by atoms with Gasteiger partial charge < -0.3 is 10.2 Å². The number of hydrogen-bond acceptors (Lipinski definition) is 2. The van der Waals surface area contributed by atoms with Gasteiger partial charge in [-0.25, -0.2) is 0 Å². The summed E-state index contributed by atoms with van der Waals surface area (Å²) in [7, 11) is 0. The van der Waals surface area contributed by atoms with Crippen LogP contribution < -0.4 is 5.32 Å². The average Bonchev–Trinajstić information content (AvgIpc) is 2.26. The van der Waals surface area contributed by atoms with E-state index in [1.165, 1.54) is 0 Å². The zero-order chi connectivity index (χ0) is 12.3. The van der Waals surface area contributed by atoms with Crippen LogP contribution >= 0.6 is 0 Å². The third kappa shape index (κ3) is 2.26. The molecule has 0 bridgehead atoms. The summed E-state index contributed by atoms with van der Waals surface area (Å²) in [6.45, 7) is 9.30. The van der Waals surface area contributed by atoms with Gasteiger partial charge in [-0.15, -0.1) is 6.58 Å². The Morgan fingerprint density at radius 2 is 2.19 bits per heavy atom. The van der Waals surface area contributed by atoms with Gasteiger partial charge in [-0.05, 0) is 20.3 Å². The van der Waals surface area contributed by atoms with E-state index < -0.39 is 6.04 Å². The third-order valence-corrected chi connectivity index (χ3v) is 3.02. The minimum absolute atomic E-state index is 0.00125. The molecule has 4 heteroatoms. The van der Waals surface area contributed by atoms with Gasteiger partial charge in [0.05, 0.1) is 0 Å². The summed E-state index contributed by atoms with van der Waals surface area (Å²) in [5, 5.41) is 2.76. The number of carbonyl (C=O) groups excluding carboxylic acids is 2. The van der Waals surface area contributed by atoms with Crippen molar-refractivity contribution in [2.45, 2.75) is 51.7 Å². The van der Waals surface area contributed by atoms with Crippen molar-refractivity contribution in [1.29, 1.82) is 0 Å². The van der Waals surface area contributed by atoms with Crippen LogP contribution in [0.5, 0.6) is 0 Å². The van der Waals surface area contributed by atoms with Gasteiger partial charge in [0.2, 0.25) is 11.8 Å². The van der Waals surface area contributed by atoms with Gasteiger partial charge in [-0.3, -0.25) is 9.59 Å². The highest BCUT2D eigenvalue weighted by atomic mass is 16.2. The molecule has 0 aromatic rings. The molecule has 0 saturated carbocycles. The number of nitrogens with one attached hydrogen (secondary N) is 1. The van der Waals surface area contributed by atoms with Crippen molar-refractivity contribution in [3.63, 3.8) is 0 Å². The lowest BCUT2D eigenvalue weighted by molar-refractivity contribution is -0.150. The molecular weight excluding hydrogens is 204 g/mol. The minimum atomic E-state index is -0.409. The van der Waals surface area contributed by atoms with E-state index in [9.17, 15) is 9.59 Å². The quantitative estimate of drug-likeness (QED) is 0.726. The molecule has 1 N–H and O–H groups in total. The van der Waals surface area contributed by atoms with Gasteiger partial charge in [-0.1, -0.05) is 19.4 Å². The van der Waals surface area contributed by atoms with Crippen LogP contribution in [0.15, 0.2) is 12.7 Å². The Labute approximate surface area is 96.7 Å². The summed E-state index contributed by atoms with van der Waals surface area (Å²) in [6.07, 6.45) is 3.26. The Bertz CT molecular complexity index is 301. The van der Waals surface area contributed by atoms with Crippen molar-refractivity contribution in [3.8, 4) is 0 Å². The second kappa shape index (κ2) is 5.14. The van der Waals surface area contributed by atoms with E-state index in [0.717, 1.165) is 6.42 Å². The Balaban J connectivity index is 2.90. The molecule has 2 amide bonds. The van der Waals surface area contributed by atoms with Crippen LogP contribution in [0.1, 0.15) is 33.6 Å². The lowest BCUT2D eigenvalue weighted by atomic mass is 10.0. The van der Waals surface area contributed by atoms with Gasteiger partial charge in [0, 0.05) is 6.04 Å². The zero-order valence-electron chi connectivity index (χ0n) is 10.2. The number of nitrogens with zero attached hydrogens (tertiary/aromatic N) is 1. The van der Waals surface area contributed by atoms with Crippen LogP contribution in [0.2, 0.25) is 0 Å². The Hall–Kier alpha value is -1.32. The van der Waals surface area contributed by atoms with E-state index in [1.807, 2.05) is 13.8 Å². The van der Waals surface area contributed by atoms with Crippen LogP contribution in [0, 0.1) is 0 Å². The zero-order valence-corrected chi connectivity index (χ0v) is 10.2. The first-order valence-electron chi connectivity index (χ1n) is 5.78. The van der Waals surface area contributed by atoms with E-state index in [-0.39, 0.29) is 23.9 Å². The first-order chi connectivity index (χ1) is 7.52. The lowest BCUT2D eigenvalue weighted by Gasteiger charge is -2.40. The molecular formula is C12H20N2O2. The summed E-state index contributed by atoms with van der Waals surface area (Å²) in [6, 6.07) is -0.877. The largest absolute Gasteiger partial charge is 0.343 e. The summed E-state index contributed by atoms with van der Waals surface area (Å²) in [5.41, 5.74) is 0. The molecule has 3 atom stereocenters. The molecule has 16 heavy (non-hydrogen) atoms. The maximum absolute atomic E-state index is 12.1. The molecule has 0 spiro atoms. The summed E-state index contributed by atoms with van der Waals surface area (Å²) in [4.78, 5) is 25.5. The van der Waals surface area contributed by atoms with Crippen molar-refractivity contribution in [3.05, 3.63) is 12.7 Å². The van der Waals surface area contributed by atoms with Gasteiger partial charge in [0.25, 0.3) is 0 Å². The first-order valence-corrected chi connectivity index (χ1v) is 5.78. The predicted molar refractivity (Wildman–Crippen MR) is 62.8 cm³/mol. The average molecular weight is 224 g/mol. The van der Waals surface area contributed by atoms with Crippen LogP contribution in [0.3, 0.4) is 0 Å². The van der Waals surface area contributed by atoms with Gasteiger partial charge >= 0.3 is 0 Å². The number of amides is 2. The predicted octanol–water partition coefficient (Wildman–Crippen LogP) is 1.08. The second-order valence-corrected chi connectivity index (χ2v) is 4.25. The Kier molecular flexibility index (Phi) is 4.10. The highest BCUT2D eigenvalue weighted by Crippen LogP contribution is 2.16. The molecule has 0 aromatic heterocycles. The maximum Gasteiger partial charge on any atom is 0.246 e. The normalized spacial score (nSPS) is 27.6. The number of hydrogen-bond donors (Lipinski definition) is 1. The Morgan fingerprint density at radius 1 is 1.56 bits per heavy atom. The van der Waals surface area contributed by atoms with Crippen LogP contribution in [0.25, 0.3) is 0 Å². The van der Waals surface area contributed by atoms with Gasteiger partial charge in [-0.2, -0.15) is 0 Å². The number of rotatable bonds is 4. The topological polar surface area (TPSA) is 49.4 Å². The van der Waals surface area contributed by atoms with Crippen molar-refractivity contribution in [1.82, 2.24) is 10.2 Å². The van der Waals surface area contributed by atoms with Crippen LogP contribution in [-0.4, -0.2) is 34.8 Å². The third-order valence-electron chi connectivity index (χ3n) is 3.02. The van der Waals surface area contributed by atoms with E-state index in [2.05, 4.69) is 11.9 Å². The molecule has 1 fully saturated rings. The van der Waals surface area contributed by atoms with Crippen LogP contribution in [0.4, 0.5) is 0 Å². The van der Waals surface area contributed by atoms with Crippen molar-refractivity contribution in [2.24, 2.45) is 0 Å². The summed E-state index contributed by atoms with van der Waals surface area (Å²) >= 11 is 0. The van der Waals surface area contributed by atoms with Gasteiger partial charge in [0.15, 0.2) is 0 Å². The molecule has 90 valence electrons. The smallest absolute Gasteiger partial charge is 0.246 e. The second-order valence-electron chi connectivity index (χ2n) is 4.25. The monoisotopic (exact) mass is 224 g/mol. The van der Waals surface area contributed by atoms with E-state index >= 15 is 0 Å².